The normalized spacial score (nSPS) is 16.3. The molecule has 1 aliphatic heterocycles. The molecule has 5 rings (SSSR count). The molecule has 7 heteroatoms. The van der Waals surface area contributed by atoms with E-state index in [9.17, 15) is 13.2 Å². The Morgan fingerprint density at radius 1 is 0.973 bits per heavy atom. The summed E-state index contributed by atoms with van der Waals surface area (Å²) < 4.78 is 50.6. The SMILES string of the molecule is CC(C)Cc1cc(-c2c(-c3ccccc3)c(C(F)(F)F)nn2C2CCCCO2)ncc1-c1ccccc1. The lowest BCUT2D eigenvalue weighted by atomic mass is 9.93. The summed E-state index contributed by atoms with van der Waals surface area (Å²) in [5.41, 5.74) is 3.43. The predicted octanol–water partition coefficient (Wildman–Crippen LogP) is 8.20. The van der Waals surface area contributed by atoms with E-state index in [4.69, 9.17) is 9.72 Å². The van der Waals surface area contributed by atoms with Gasteiger partial charge < -0.3 is 4.74 Å². The molecule has 0 amide bonds. The average Bonchev–Trinajstić information content (AvgIpc) is 3.31. The Hall–Kier alpha value is -3.45. The second kappa shape index (κ2) is 10.5. The first kappa shape index (κ1) is 25.2. The van der Waals surface area contributed by atoms with Crippen molar-refractivity contribution in [3.63, 3.8) is 0 Å². The lowest BCUT2D eigenvalue weighted by Crippen LogP contribution is -2.21. The van der Waals surface area contributed by atoms with Crippen LogP contribution in [0, 0.1) is 5.92 Å². The minimum absolute atomic E-state index is 0.0396. The first-order valence-corrected chi connectivity index (χ1v) is 12.7. The molecule has 1 saturated heterocycles. The molecule has 1 aliphatic rings. The van der Waals surface area contributed by atoms with E-state index in [1.165, 1.54) is 4.68 Å². The van der Waals surface area contributed by atoms with Gasteiger partial charge in [-0.15, -0.1) is 0 Å². The maximum absolute atomic E-state index is 14.4. The lowest BCUT2D eigenvalue weighted by molar-refractivity contribution is -0.141. The largest absolute Gasteiger partial charge is 0.435 e. The van der Waals surface area contributed by atoms with Crippen molar-refractivity contribution in [1.29, 1.82) is 0 Å². The maximum Gasteiger partial charge on any atom is 0.435 e. The van der Waals surface area contributed by atoms with Gasteiger partial charge in [0.05, 0.1) is 11.4 Å². The Morgan fingerprint density at radius 2 is 1.65 bits per heavy atom. The smallest absolute Gasteiger partial charge is 0.356 e. The third-order valence-electron chi connectivity index (χ3n) is 6.62. The van der Waals surface area contributed by atoms with E-state index >= 15 is 0 Å². The summed E-state index contributed by atoms with van der Waals surface area (Å²) in [5.74, 6) is 0.351. The molecule has 2 aromatic carbocycles. The van der Waals surface area contributed by atoms with E-state index in [0.717, 1.165) is 36.0 Å². The maximum atomic E-state index is 14.4. The van der Waals surface area contributed by atoms with Crippen LogP contribution in [0.4, 0.5) is 13.2 Å². The average molecular weight is 506 g/mol. The summed E-state index contributed by atoms with van der Waals surface area (Å²) >= 11 is 0. The van der Waals surface area contributed by atoms with Crippen molar-refractivity contribution in [3.05, 3.63) is 84.2 Å². The van der Waals surface area contributed by atoms with Crippen LogP contribution in [-0.2, 0) is 17.3 Å². The molecule has 1 fully saturated rings. The van der Waals surface area contributed by atoms with Crippen LogP contribution in [0.25, 0.3) is 33.6 Å². The zero-order valence-electron chi connectivity index (χ0n) is 21.0. The van der Waals surface area contributed by atoms with Gasteiger partial charge in [-0.2, -0.15) is 18.3 Å². The number of pyridine rings is 1. The minimum Gasteiger partial charge on any atom is -0.356 e. The molecule has 0 saturated carbocycles. The number of rotatable bonds is 6. The molecule has 0 radical (unpaired) electrons. The number of nitrogens with zero attached hydrogens (tertiary/aromatic N) is 3. The summed E-state index contributed by atoms with van der Waals surface area (Å²) in [7, 11) is 0. The van der Waals surface area contributed by atoms with Crippen molar-refractivity contribution in [2.24, 2.45) is 5.92 Å². The first-order chi connectivity index (χ1) is 17.8. The van der Waals surface area contributed by atoms with E-state index < -0.39 is 18.1 Å². The second-order valence-electron chi connectivity index (χ2n) is 9.89. The Morgan fingerprint density at radius 3 is 2.24 bits per heavy atom. The van der Waals surface area contributed by atoms with E-state index in [0.29, 0.717) is 35.9 Å². The van der Waals surface area contributed by atoms with Gasteiger partial charge in [0.15, 0.2) is 11.9 Å². The molecule has 1 unspecified atom stereocenters. The monoisotopic (exact) mass is 505 g/mol. The standard InChI is InChI=1S/C30H30F3N3O/c1-20(2)17-23-18-25(34-19-24(23)21-11-5-3-6-12-21)28-27(22-13-7-4-8-14-22)29(30(31,32)33)35-36(28)26-15-9-10-16-37-26/h3-8,11-14,18-20,26H,9-10,15-17H2,1-2H3. The molecule has 0 N–H and O–H groups in total. The number of aromatic nitrogens is 3. The molecule has 2 aromatic heterocycles. The summed E-state index contributed by atoms with van der Waals surface area (Å²) in [6, 6.07) is 20.5. The van der Waals surface area contributed by atoms with Crippen LogP contribution in [0.2, 0.25) is 0 Å². The molecule has 37 heavy (non-hydrogen) atoms. The quantitative estimate of drug-likeness (QED) is 0.265. The van der Waals surface area contributed by atoms with Gasteiger partial charge in [-0.05, 0) is 54.4 Å². The van der Waals surface area contributed by atoms with Gasteiger partial charge in [0.1, 0.15) is 0 Å². The highest BCUT2D eigenvalue weighted by molar-refractivity contribution is 5.83. The molecule has 192 valence electrons. The van der Waals surface area contributed by atoms with Crippen LogP contribution in [0.3, 0.4) is 0 Å². The highest BCUT2D eigenvalue weighted by Gasteiger charge is 2.41. The summed E-state index contributed by atoms with van der Waals surface area (Å²) in [4.78, 5) is 4.75. The van der Waals surface area contributed by atoms with Crippen LogP contribution >= 0.6 is 0 Å². The van der Waals surface area contributed by atoms with Gasteiger partial charge >= 0.3 is 6.18 Å². The Labute approximate surface area is 215 Å². The van der Waals surface area contributed by atoms with Crippen molar-refractivity contribution in [2.75, 3.05) is 6.61 Å². The Balaban J connectivity index is 1.77. The molecule has 0 aliphatic carbocycles. The number of benzene rings is 2. The van der Waals surface area contributed by atoms with E-state index in [-0.39, 0.29) is 5.56 Å². The van der Waals surface area contributed by atoms with Gasteiger partial charge in [-0.3, -0.25) is 4.98 Å². The van der Waals surface area contributed by atoms with E-state index in [2.05, 4.69) is 18.9 Å². The van der Waals surface area contributed by atoms with Gasteiger partial charge in [0.25, 0.3) is 0 Å². The van der Waals surface area contributed by atoms with Crippen molar-refractivity contribution in [1.82, 2.24) is 14.8 Å². The fourth-order valence-corrected chi connectivity index (χ4v) is 4.99. The fraction of sp³-hybridized carbons (Fsp3) is 0.333. The summed E-state index contributed by atoms with van der Waals surface area (Å²) in [6.07, 6.45) is -0.319. The third-order valence-corrected chi connectivity index (χ3v) is 6.62. The first-order valence-electron chi connectivity index (χ1n) is 12.7. The van der Waals surface area contributed by atoms with Crippen molar-refractivity contribution in [2.45, 2.75) is 51.9 Å². The summed E-state index contributed by atoms with van der Waals surface area (Å²) in [5, 5.41) is 4.16. The number of halogens is 3. The molecular weight excluding hydrogens is 475 g/mol. The topological polar surface area (TPSA) is 39.9 Å². The Kier molecular flexibility index (Phi) is 7.15. The van der Waals surface area contributed by atoms with Gasteiger partial charge in [-0.25, -0.2) is 4.68 Å². The number of alkyl halides is 3. The number of hydrogen-bond donors (Lipinski definition) is 0. The van der Waals surface area contributed by atoms with Crippen LogP contribution in [0.5, 0.6) is 0 Å². The highest BCUT2D eigenvalue weighted by atomic mass is 19.4. The molecule has 0 spiro atoms. The minimum atomic E-state index is -4.63. The van der Waals surface area contributed by atoms with Crippen LogP contribution in [0.15, 0.2) is 72.9 Å². The van der Waals surface area contributed by atoms with Crippen LogP contribution < -0.4 is 0 Å². The van der Waals surface area contributed by atoms with Gasteiger partial charge in [0.2, 0.25) is 0 Å². The van der Waals surface area contributed by atoms with Crippen molar-refractivity contribution in [3.8, 4) is 33.6 Å². The molecule has 0 bridgehead atoms. The van der Waals surface area contributed by atoms with Gasteiger partial charge in [0, 0.05) is 23.9 Å². The molecule has 1 atom stereocenters. The highest BCUT2D eigenvalue weighted by Crippen LogP contribution is 2.44. The Bertz CT molecular complexity index is 1340. The summed E-state index contributed by atoms with van der Waals surface area (Å²) in [6.45, 7) is 4.75. The zero-order chi connectivity index (χ0) is 26.0. The van der Waals surface area contributed by atoms with E-state index in [1.54, 1.807) is 36.5 Å². The zero-order valence-corrected chi connectivity index (χ0v) is 21.0. The van der Waals surface area contributed by atoms with Crippen LogP contribution in [-0.4, -0.2) is 21.4 Å². The van der Waals surface area contributed by atoms with Crippen molar-refractivity contribution < 1.29 is 17.9 Å². The molecule has 4 nitrogen and oxygen atoms in total. The molecule has 3 heterocycles. The molecule has 4 aromatic rings. The van der Waals surface area contributed by atoms with Gasteiger partial charge in [-0.1, -0.05) is 74.5 Å². The second-order valence-corrected chi connectivity index (χ2v) is 9.89. The molecular formula is C30H30F3N3O. The number of hydrogen-bond acceptors (Lipinski definition) is 3. The predicted molar refractivity (Wildman–Crippen MR) is 139 cm³/mol. The van der Waals surface area contributed by atoms with Crippen LogP contribution in [0.1, 0.15) is 50.6 Å². The third kappa shape index (κ3) is 5.32. The number of ether oxygens (including phenoxy) is 1. The fourth-order valence-electron chi connectivity index (χ4n) is 4.99. The van der Waals surface area contributed by atoms with E-state index in [1.807, 2.05) is 36.4 Å². The lowest BCUT2D eigenvalue weighted by Gasteiger charge is -2.25. The van der Waals surface area contributed by atoms with Crippen molar-refractivity contribution >= 4 is 0 Å².